The molecule has 0 spiro atoms. The summed E-state index contributed by atoms with van der Waals surface area (Å²) in [7, 11) is -1.97. The van der Waals surface area contributed by atoms with Gasteiger partial charge < -0.3 is 5.73 Å². The van der Waals surface area contributed by atoms with Gasteiger partial charge in [0.25, 0.3) is 10.0 Å². The molecule has 1 aromatic carbocycles. The van der Waals surface area contributed by atoms with E-state index >= 15 is 0 Å². The normalized spacial score (nSPS) is 11.7. The fourth-order valence-electron chi connectivity index (χ4n) is 2.41. The Kier molecular flexibility index (Phi) is 4.06. The van der Waals surface area contributed by atoms with E-state index in [0.29, 0.717) is 17.1 Å². The lowest BCUT2D eigenvalue weighted by Crippen LogP contribution is -2.17. The SMILES string of the molecule is Cc1cccc(NS(=O)(=O)c2c(C)nn(C)c2C)c1CN. The summed E-state index contributed by atoms with van der Waals surface area (Å²) in [6.45, 7) is 5.59. The topological polar surface area (TPSA) is 90.0 Å². The summed E-state index contributed by atoms with van der Waals surface area (Å²) in [5.74, 6) is 0. The Morgan fingerprint density at radius 3 is 2.48 bits per heavy atom. The van der Waals surface area contributed by atoms with E-state index in [9.17, 15) is 8.42 Å². The highest BCUT2D eigenvalue weighted by molar-refractivity contribution is 7.92. The molecule has 0 saturated heterocycles. The van der Waals surface area contributed by atoms with Crippen LogP contribution in [0.25, 0.3) is 0 Å². The smallest absolute Gasteiger partial charge is 0.265 e. The van der Waals surface area contributed by atoms with Gasteiger partial charge in [-0.3, -0.25) is 9.40 Å². The number of anilines is 1. The highest BCUT2D eigenvalue weighted by Crippen LogP contribution is 2.25. The van der Waals surface area contributed by atoms with Gasteiger partial charge in [-0.05, 0) is 38.0 Å². The lowest BCUT2D eigenvalue weighted by Gasteiger charge is -2.13. The number of aryl methyl sites for hydroxylation is 3. The van der Waals surface area contributed by atoms with Gasteiger partial charge in [0.05, 0.1) is 17.1 Å². The van der Waals surface area contributed by atoms with Crippen molar-refractivity contribution in [3.8, 4) is 0 Å². The molecule has 0 aliphatic rings. The number of hydrogen-bond donors (Lipinski definition) is 2. The van der Waals surface area contributed by atoms with E-state index in [1.165, 1.54) is 0 Å². The van der Waals surface area contributed by atoms with E-state index in [-0.39, 0.29) is 11.4 Å². The molecule has 0 saturated carbocycles. The molecule has 0 radical (unpaired) electrons. The van der Waals surface area contributed by atoms with E-state index in [0.717, 1.165) is 11.1 Å². The molecule has 0 aliphatic heterocycles. The molecule has 0 bridgehead atoms. The molecule has 7 heteroatoms. The number of rotatable bonds is 4. The summed E-state index contributed by atoms with van der Waals surface area (Å²) in [6.07, 6.45) is 0. The lowest BCUT2D eigenvalue weighted by molar-refractivity contribution is 0.599. The third kappa shape index (κ3) is 2.79. The first kappa shape index (κ1) is 15.5. The minimum Gasteiger partial charge on any atom is -0.326 e. The first-order chi connectivity index (χ1) is 9.77. The Hall–Kier alpha value is -1.86. The number of nitrogens with one attached hydrogen (secondary N) is 1. The monoisotopic (exact) mass is 308 g/mol. The highest BCUT2D eigenvalue weighted by Gasteiger charge is 2.24. The van der Waals surface area contributed by atoms with Crippen molar-refractivity contribution >= 4 is 15.7 Å². The number of nitrogens with two attached hydrogens (primary N) is 1. The van der Waals surface area contributed by atoms with E-state index in [2.05, 4.69) is 9.82 Å². The maximum atomic E-state index is 12.6. The maximum Gasteiger partial charge on any atom is 0.265 e. The molecule has 1 aromatic heterocycles. The minimum atomic E-state index is -3.69. The van der Waals surface area contributed by atoms with Crippen LogP contribution in [0.3, 0.4) is 0 Å². The molecule has 0 amide bonds. The van der Waals surface area contributed by atoms with Crippen LogP contribution in [-0.4, -0.2) is 18.2 Å². The molecule has 0 aliphatic carbocycles. The van der Waals surface area contributed by atoms with Gasteiger partial charge in [0, 0.05) is 13.6 Å². The first-order valence-corrected chi connectivity index (χ1v) is 8.07. The number of sulfonamides is 1. The van der Waals surface area contributed by atoms with E-state index in [1.54, 1.807) is 37.7 Å². The van der Waals surface area contributed by atoms with Gasteiger partial charge in [0.15, 0.2) is 0 Å². The van der Waals surface area contributed by atoms with Crippen molar-refractivity contribution in [2.24, 2.45) is 12.8 Å². The van der Waals surface area contributed by atoms with Crippen molar-refractivity contribution in [3.05, 3.63) is 40.7 Å². The standard InChI is InChI=1S/C14H20N4O2S/c1-9-6-5-7-13(12(9)8-15)17-21(19,20)14-10(2)16-18(4)11(14)3/h5-7,17H,8,15H2,1-4H3. The van der Waals surface area contributed by atoms with Gasteiger partial charge in [-0.25, -0.2) is 8.42 Å². The molecule has 2 aromatic rings. The van der Waals surface area contributed by atoms with E-state index < -0.39 is 10.0 Å². The average molecular weight is 308 g/mol. The number of aromatic nitrogens is 2. The maximum absolute atomic E-state index is 12.6. The van der Waals surface area contributed by atoms with Crippen molar-refractivity contribution in [2.75, 3.05) is 4.72 Å². The molecule has 3 N–H and O–H groups in total. The zero-order valence-electron chi connectivity index (χ0n) is 12.6. The second-order valence-corrected chi connectivity index (χ2v) is 6.65. The number of hydrogen-bond acceptors (Lipinski definition) is 4. The van der Waals surface area contributed by atoms with Gasteiger partial charge in [-0.2, -0.15) is 5.10 Å². The quantitative estimate of drug-likeness (QED) is 0.898. The second-order valence-electron chi connectivity index (χ2n) is 5.03. The zero-order valence-corrected chi connectivity index (χ0v) is 13.5. The summed E-state index contributed by atoms with van der Waals surface area (Å²) < 4.78 is 29.4. The molecule has 0 unspecified atom stereocenters. The summed E-state index contributed by atoms with van der Waals surface area (Å²) in [5.41, 5.74) is 9.06. The average Bonchev–Trinajstić information content (AvgIpc) is 2.63. The van der Waals surface area contributed by atoms with Gasteiger partial charge in [0.1, 0.15) is 4.90 Å². The van der Waals surface area contributed by atoms with Crippen LogP contribution in [0.1, 0.15) is 22.5 Å². The molecule has 1 heterocycles. The predicted octanol–water partition coefficient (Wildman–Crippen LogP) is 1.60. The van der Waals surface area contributed by atoms with Crippen LogP contribution < -0.4 is 10.5 Å². The van der Waals surface area contributed by atoms with Crippen LogP contribution in [0.2, 0.25) is 0 Å². The van der Waals surface area contributed by atoms with Crippen molar-refractivity contribution in [1.29, 1.82) is 0 Å². The van der Waals surface area contributed by atoms with Crippen LogP contribution >= 0.6 is 0 Å². The van der Waals surface area contributed by atoms with Crippen molar-refractivity contribution in [1.82, 2.24) is 9.78 Å². The molecular weight excluding hydrogens is 288 g/mol. The summed E-state index contributed by atoms with van der Waals surface area (Å²) in [6, 6.07) is 5.42. The number of benzene rings is 1. The molecule has 114 valence electrons. The van der Waals surface area contributed by atoms with E-state index in [1.807, 2.05) is 13.0 Å². The minimum absolute atomic E-state index is 0.217. The first-order valence-electron chi connectivity index (χ1n) is 6.59. The molecule has 2 rings (SSSR count). The van der Waals surface area contributed by atoms with Crippen LogP contribution in [0.4, 0.5) is 5.69 Å². The lowest BCUT2D eigenvalue weighted by atomic mass is 10.1. The Morgan fingerprint density at radius 1 is 1.29 bits per heavy atom. The fourth-order valence-corrected chi connectivity index (χ4v) is 3.94. The summed E-state index contributed by atoms with van der Waals surface area (Å²) in [4.78, 5) is 0.217. The van der Waals surface area contributed by atoms with Gasteiger partial charge in [-0.1, -0.05) is 12.1 Å². The van der Waals surface area contributed by atoms with Crippen molar-refractivity contribution in [2.45, 2.75) is 32.2 Å². The molecule has 21 heavy (non-hydrogen) atoms. The van der Waals surface area contributed by atoms with Crippen LogP contribution in [-0.2, 0) is 23.6 Å². The third-order valence-corrected chi connectivity index (χ3v) is 5.19. The summed E-state index contributed by atoms with van der Waals surface area (Å²) >= 11 is 0. The second kappa shape index (κ2) is 5.50. The zero-order chi connectivity index (χ0) is 15.8. The van der Waals surface area contributed by atoms with Crippen LogP contribution in [0.5, 0.6) is 0 Å². The Morgan fingerprint density at radius 2 is 1.95 bits per heavy atom. The summed E-state index contributed by atoms with van der Waals surface area (Å²) in [5, 5.41) is 4.15. The molecule has 0 atom stereocenters. The Balaban J connectivity index is 2.50. The van der Waals surface area contributed by atoms with Crippen LogP contribution in [0, 0.1) is 20.8 Å². The largest absolute Gasteiger partial charge is 0.326 e. The Labute approximate surface area is 125 Å². The van der Waals surface area contributed by atoms with Gasteiger partial charge >= 0.3 is 0 Å². The van der Waals surface area contributed by atoms with Gasteiger partial charge in [0.2, 0.25) is 0 Å². The van der Waals surface area contributed by atoms with Crippen LogP contribution in [0.15, 0.2) is 23.1 Å². The highest BCUT2D eigenvalue weighted by atomic mass is 32.2. The molecular formula is C14H20N4O2S. The fraction of sp³-hybridized carbons (Fsp3) is 0.357. The number of nitrogens with zero attached hydrogens (tertiary/aromatic N) is 2. The third-order valence-electron chi connectivity index (χ3n) is 3.57. The van der Waals surface area contributed by atoms with Gasteiger partial charge in [-0.15, -0.1) is 0 Å². The molecule has 6 nitrogen and oxygen atoms in total. The van der Waals surface area contributed by atoms with Crippen molar-refractivity contribution < 1.29 is 8.42 Å². The van der Waals surface area contributed by atoms with Crippen molar-refractivity contribution in [3.63, 3.8) is 0 Å². The Bertz CT molecular complexity index is 779. The van der Waals surface area contributed by atoms with E-state index in [4.69, 9.17) is 5.73 Å². The predicted molar refractivity (Wildman–Crippen MR) is 82.6 cm³/mol. The molecule has 0 fully saturated rings.